The third-order valence-electron chi connectivity index (χ3n) is 4.65. The van der Waals surface area contributed by atoms with Crippen molar-refractivity contribution in [1.29, 1.82) is 0 Å². The number of aromatic nitrogens is 4. The SMILES string of the molecule is CC(C)[C@@H](c1nnnn1CCc1ccccc1)[NH+]1CCCC1. The van der Waals surface area contributed by atoms with E-state index in [1.807, 2.05) is 4.68 Å². The molecule has 0 amide bonds. The van der Waals surface area contributed by atoms with Crippen LogP contribution in [0, 0.1) is 5.92 Å². The monoisotopic (exact) mass is 300 g/mol. The Labute approximate surface area is 132 Å². The third kappa shape index (κ3) is 3.35. The Morgan fingerprint density at radius 1 is 1.14 bits per heavy atom. The van der Waals surface area contributed by atoms with Crippen molar-refractivity contribution in [1.82, 2.24) is 20.2 Å². The summed E-state index contributed by atoms with van der Waals surface area (Å²) in [6.45, 7) is 7.91. The van der Waals surface area contributed by atoms with E-state index >= 15 is 0 Å². The van der Waals surface area contributed by atoms with Crippen molar-refractivity contribution < 1.29 is 4.90 Å². The lowest BCUT2D eigenvalue weighted by atomic mass is 10.0. The minimum Gasteiger partial charge on any atom is -0.326 e. The maximum atomic E-state index is 4.38. The molecule has 5 nitrogen and oxygen atoms in total. The second-order valence-corrected chi connectivity index (χ2v) is 6.58. The summed E-state index contributed by atoms with van der Waals surface area (Å²) in [7, 11) is 0. The summed E-state index contributed by atoms with van der Waals surface area (Å²) in [6.07, 6.45) is 3.62. The van der Waals surface area contributed by atoms with Gasteiger partial charge in [-0.25, -0.2) is 4.68 Å². The highest BCUT2D eigenvalue weighted by atomic mass is 15.5. The first-order valence-corrected chi connectivity index (χ1v) is 8.40. The molecule has 2 heterocycles. The van der Waals surface area contributed by atoms with E-state index in [2.05, 4.69) is 59.7 Å². The van der Waals surface area contributed by atoms with E-state index < -0.39 is 0 Å². The fourth-order valence-electron chi connectivity index (χ4n) is 3.57. The first-order chi connectivity index (χ1) is 10.8. The molecule has 5 heteroatoms. The molecule has 118 valence electrons. The van der Waals surface area contributed by atoms with E-state index in [0.29, 0.717) is 12.0 Å². The Balaban J connectivity index is 1.75. The number of nitrogens with one attached hydrogen (secondary N) is 1. The van der Waals surface area contributed by atoms with Gasteiger partial charge in [0.15, 0.2) is 6.04 Å². The van der Waals surface area contributed by atoms with Crippen LogP contribution in [0.5, 0.6) is 0 Å². The molecular weight excluding hydrogens is 274 g/mol. The lowest BCUT2D eigenvalue weighted by molar-refractivity contribution is -0.924. The Morgan fingerprint density at radius 2 is 1.86 bits per heavy atom. The Kier molecular flexibility index (Phi) is 4.83. The molecule has 1 aliphatic heterocycles. The second kappa shape index (κ2) is 7.01. The number of tetrazole rings is 1. The van der Waals surface area contributed by atoms with Crippen molar-refractivity contribution in [3.63, 3.8) is 0 Å². The predicted molar refractivity (Wildman–Crippen MR) is 85.5 cm³/mol. The van der Waals surface area contributed by atoms with Crippen molar-refractivity contribution in [3.8, 4) is 0 Å². The first-order valence-electron chi connectivity index (χ1n) is 8.40. The van der Waals surface area contributed by atoms with Crippen LogP contribution in [0.1, 0.15) is 44.1 Å². The van der Waals surface area contributed by atoms with E-state index in [9.17, 15) is 0 Å². The molecule has 0 aliphatic carbocycles. The topological polar surface area (TPSA) is 48.0 Å². The van der Waals surface area contributed by atoms with E-state index in [4.69, 9.17) is 0 Å². The molecule has 0 radical (unpaired) electrons. The Bertz CT molecular complexity index is 572. The Hall–Kier alpha value is -1.75. The van der Waals surface area contributed by atoms with Gasteiger partial charge in [-0.3, -0.25) is 0 Å². The molecule has 2 aromatic rings. The lowest BCUT2D eigenvalue weighted by Gasteiger charge is -2.26. The largest absolute Gasteiger partial charge is 0.326 e. The first kappa shape index (κ1) is 15.2. The van der Waals surface area contributed by atoms with Gasteiger partial charge >= 0.3 is 0 Å². The van der Waals surface area contributed by atoms with Gasteiger partial charge in [-0.15, -0.1) is 5.10 Å². The summed E-state index contributed by atoms with van der Waals surface area (Å²) in [6, 6.07) is 11.0. The van der Waals surface area contributed by atoms with Crippen LogP contribution in [-0.4, -0.2) is 33.3 Å². The molecule has 1 N–H and O–H groups in total. The van der Waals surface area contributed by atoms with E-state index in [-0.39, 0.29) is 0 Å². The molecule has 1 atom stereocenters. The van der Waals surface area contributed by atoms with Gasteiger partial charge in [-0.1, -0.05) is 44.2 Å². The second-order valence-electron chi connectivity index (χ2n) is 6.58. The van der Waals surface area contributed by atoms with Gasteiger partial charge in [-0.05, 0) is 22.4 Å². The smallest absolute Gasteiger partial charge is 0.209 e. The number of nitrogens with zero attached hydrogens (tertiary/aromatic N) is 4. The minimum atomic E-state index is 0.410. The van der Waals surface area contributed by atoms with Crippen LogP contribution in [-0.2, 0) is 13.0 Å². The molecule has 0 spiro atoms. The molecule has 3 rings (SSSR count). The number of quaternary nitrogens is 1. The Morgan fingerprint density at radius 3 is 2.55 bits per heavy atom. The molecule has 1 aromatic heterocycles. The molecule has 0 bridgehead atoms. The predicted octanol–water partition coefficient (Wildman–Crippen LogP) is 1.29. The zero-order valence-electron chi connectivity index (χ0n) is 13.6. The van der Waals surface area contributed by atoms with Crippen molar-refractivity contribution >= 4 is 0 Å². The van der Waals surface area contributed by atoms with Crippen LogP contribution in [0.15, 0.2) is 30.3 Å². The van der Waals surface area contributed by atoms with Crippen LogP contribution in [0.2, 0.25) is 0 Å². The van der Waals surface area contributed by atoms with Crippen LogP contribution in [0.4, 0.5) is 0 Å². The fourth-order valence-corrected chi connectivity index (χ4v) is 3.57. The van der Waals surface area contributed by atoms with Gasteiger partial charge < -0.3 is 4.90 Å². The molecule has 1 aliphatic rings. The van der Waals surface area contributed by atoms with Crippen molar-refractivity contribution in [2.75, 3.05) is 13.1 Å². The minimum absolute atomic E-state index is 0.410. The van der Waals surface area contributed by atoms with E-state index in [1.165, 1.54) is 31.5 Å². The fraction of sp³-hybridized carbons (Fsp3) is 0.588. The summed E-state index contributed by atoms with van der Waals surface area (Å²) in [5.74, 6) is 1.61. The molecular formula is C17H26N5+. The summed E-state index contributed by atoms with van der Waals surface area (Å²) in [4.78, 5) is 1.64. The zero-order chi connectivity index (χ0) is 15.4. The molecule has 22 heavy (non-hydrogen) atoms. The van der Waals surface area contributed by atoms with Crippen molar-refractivity contribution in [2.45, 2.75) is 45.7 Å². The van der Waals surface area contributed by atoms with Crippen LogP contribution < -0.4 is 4.90 Å². The highest BCUT2D eigenvalue weighted by molar-refractivity contribution is 5.14. The maximum absolute atomic E-state index is 4.38. The highest BCUT2D eigenvalue weighted by Gasteiger charge is 2.34. The molecule has 0 unspecified atom stereocenters. The van der Waals surface area contributed by atoms with Crippen LogP contribution in [0.3, 0.4) is 0 Å². The average molecular weight is 300 g/mol. The van der Waals surface area contributed by atoms with Gasteiger partial charge in [0.1, 0.15) is 0 Å². The van der Waals surface area contributed by atoms with Gasteiger partial charge in [-0.2, -0.15) is 0 Å². The van der Waals surface area contributed by atoms with Gasteiger partial charge in [0.05, 0.1) is 13.1 Å². The quantitative estimate of drug-likeness (QED) is 0.874. The number of benzene rings is 1. The number of likely N-dealkylation sites (tertiary alicyclic amines) is 1. The maximum Gasteiger partial charge on any atom is 0.209 e. The van der Waals surface area contributed by atoms with E-state index in [0.717, 1.165) is 18.8 Å². The molecule has 1 aromatic carbocycles. The lowest BCUT2D eigenvalue weighted by Crippen LogP contribution is -3.11. The average Bonchev–Trinajstić information content (AvgIpc) is 3.19. The summed E-state index contributed by atoms with van der Waals surface area (Å²) >= 11 is 0. The summed E-state index contributed by atoms with van der Waals surface area (Å²) in [5, 5.41) is 12.6. The number of rotatable bonds is 6. The molecule has 1 saturated heterocycles. The molecule has 1 fully saturated rings. The van der Waals surface area contributed by atoms with Crippen molar-refractivity contribution in [2.24, 2.45) is 5.92 Å². The van der Waals surface area contributed by atoms with E-state index in [1.54, 1.807) is 4.90 Å². The third-order valence-corrected chi connectivity index (χ3v) is 4.65. The van der Waals surface area contributed by atoms with Gasteiger partial charge in [0.2, 0.25) is 5.82 Å². The summed E-state index contributed by atoms with van der Waals surface area (Å²) < 4.78 is 2.02. The normalized spacial score (nSPS) is 17.2. The van der Waals surface area contributed by atoms with Crippen LogP contribution in [0.25, 0.3) is 0 Å². The van der Waals surface area contributed by atoms with Crippen LogP contribution >= 0.6 is 0 Å². The highest BCUT2D eigenvalue weighted by Crippen LogP contribution is 2.17. The van der Waals surface area contributed by atoms with Gasteiger partial charge in [0.25, 0.3) is 0 Å². The zero-order valence-corrected chi connectivity index (χ0v) is 13.6. The molecule has 0 saturated carbocycles. The standard InChI is InChI=1S/C17H25N5/c1-14(2)16(21-11-6-7-12-21)17-18-19-20-22(17)13-10-15-8-4-3-5-9-15/h3-5,8-9,14,16H,6-7,10-13H2,1-2H3/p+1/t16-/m0/s1. The number of hydrogen-bond donors (Lipinski definition) is 1. The summed E-state index contributed by atoms with van der Waals surface area (Å²) in [5.41, 5.74) is 1.33. The van der Waals surface area contributed by atoms with Gasteiger partial charge in [0, 0.05) is 25.3 Å². The number of aryl methyl sites for hydroxylation is 2. The number of hydrogen-bond acceptors (Lipinski definition) is 3. The van der Waals surface area contributed by atoms with Crippen molar-refractivity contribution in [3.05, 3.63) is 41.7 Å².